The molecule has 0 atom stereocenters. The fourth-order valence-corrected chi connectivity index (χ4v) is 4.41. The van der Waals surface area contributed by atoms with Gasteiger partial charge >= 0.3 is 5.69 Å². The Balaban J connectivity index is 2.15. The number of hydrogen-bond donors (Lipinski definition) is 0. The van der Waals surface area contributed by atoms with E-state index in [4.69, 9.17) is 0 Å². The lowest BCUT2D eigenvalue weighted by atomic mass is 10.4. The SMILES string of the molecule is C/C=c1\c(=C/CC)n(Sc2ccccc2)c(=O)n1Sc1ccccc1. The molecule has 0 aliphatic carbocycles. The van der Waals surface area contributed by atoms with Gasteiger partial charge < -0.3 is 0 Å². The van der Waals surface area contributed by atoms with Crippen LogP contribution < -0.4 is 16.4 Å². The van der Waals surface area contributed by atoms with Crippen molar-refractivity contribution in [3.63, 3.8) is 0 Å². The number of imidazole rings is 1. The van der Waals surface area contributed by atoms with Crippen LogP contribution in [0.5, 0.6) is 0 Å². The molecule has 2 aromatic carbocycles. The molecule has 0 spiro atoms. The van der Waals surface area contributed by atoms with Crippen molar-refractivity contribution >= 4 is 36.0 Å². The predicted molar refractivity (Wildman–Crippen MR) is 108 cm³/mol. The van der Waals surface area contributed by atoms with Crippen LogP contribution in [-0.4, -0.2) is 7.94 Å². The average molecular weight is 369 g/mol. The van der Waals surface area contributed by atoms with Crippen LogP contribution >= 0.6 is 23.9 Å². The third kappa shape index (κ3) is 3.94. The zero-order valence-electron chi connectivity index (χ0n) is 14.3. The summed E-state index contributed by atoms with van der Waals surface area (Å²) in [6, 6.07) is 20.0. The van der Waals surface area contributed by atoms with Gasteiger partial charge in [-0.3, -0.25) is 0 Å². The third-order valence-electron chi connectivity index (χ3n) is 3.60. The summed E-state index contributed by atoms with van der Waals surface area (Å²) < 4.78 is 3.55. The zero-order valence-corrected chi connectivity index (χ0v) is 15.9. The molecule has 0 bridgehead atoms. The molecule has 3 nitrogen and oxygen atoms in total. The highest BCUT2D eigenvalue weighted by molar-refractivity contribution is 7.98. The van der Waals surface area contributed by atoms with Crippen LogP contribution in [0, 0.1) is 0 Å². The van der Waals surface area contributed by atoms with Crippen LogP contribution in [-0.2, 0) is 0 Å². The van der Waals surface area contributed by atoms with Gasteiger partial charge in [-0.15, -0.1) is 0 Å². The molecule has 0 N–H and O–H groups in total. The lowest BCUT2D eigenvalue weighted by Gasteiger charge is -2.02. The van der Waals surface area contributed by atoms with E-state index < -0.39 is 0 Å². The summed E-state index contributed by atoms with van der Waals surface area (Å²) in [6.45, 7) is 4.06. The van der Waals surface area contributed by atoms with Crippen molar-refractivity contribution < 1.29 is 0 Å². The number of benzene rings is 2. The molecule has 5 heteroatoms. The Kier molecular flexibility index (Phi) is 5.89. The minimum Gasteiger partial charge on any atom is -0.246 e. The first kappa shape index (κ1) is 17.7. The van der Waals surface area contributed by atoms with Gasteiger partial charge in [0.15, 0.2) is 0 Å². The molecule has 0 unspecified atom stereocenters. The molecule has 1 aromatic heterocycles. The van der Waals surface area contributed by atoms with E-state index in [1.165, 1.54) is 23.9 Å². The first-order valence-electron chi connectivity index (χ1n) is 8.21. The van der Waals surface area contributed by atoms with E-state index in [0.717, 1.165) is 26.9 Å². The summed E-state index contributed by atoms with van der Waals surface area (Å²) in [5, 5.41) is 1.89. The third-order valence-corrected chi connectivity index (χ3v) is 5.64. The summed E-state index contributed by atoms with van der Waals surface area (Å²) in [4.78, 5) is 15.2. The van der Waals surface area contributed by atoms with Crippen molar-refractivity contribution in [2.75, 3.05) is 0 Å². The normalized spacial score (nSPS) is 12.7. The summed E-state index contributed by atoms with van der Waals surface area (Å²) >= 11 is 2.92. The minimum absolute atomic E-state index is 0.0319. The van der Waals surface area contributed by atoms with Crippen molar-refractivity contribution in [1.82, 2.24) is 7.94 Å². The number of aromatic nitrogens is 2. The molecular formula is C20H20N2OS2. The molecule has 128 valence electrons. The second-order valence-electron chi connectivity index (χ2n) is 5.35. The highest BCUT2D eigenvalue weighted by atomic mass is 32.2. The number of rotatable bonds is 5. The second-order valence-corrected chi connectivity index (χ2v) is 7.39. The van der Waals surface area contributed by atoms with Gasteiger partial charge in [0.1, 0.15) is 0 Å². The Morgan fingerprint density at radius 3 is 1.76 bits per heavy atom. The maximum Gasteiger partial charge on any atom is 0.350 e. The molecule has 0 fully saturated rings. The summed E-state index contributed by atoms with van der Waals surface area (Å²) in [6.07, 6.45) is 4.98. The van der Waals surface area contributed by atoms with Gasteiger partial charge in [-0.25, -0.2) is 12.7 Å². The quantitative estimate of drug-likeness (QED) is 0.686. The largest absolute Gasteiger partial charge is 0.350 e. The Morgan fingerprint density at radius 2 is 1.32 bits per heavy atom. The molecule has 0 amide bonds. The van der Waals surface area contributed by atoms with E-state index in [-0.39, 0.29) is 5.69 Å². The Bertz CT molecular complexity index is 1010. The lowest BCUT2D eigenvalue weighted by Crippen LogP contribution is -2.30. The fourth-order valence-electron chi connectivity index (χ4n) is 2.49. The first-order valence-corrected chi connectivity index (χ1v) is 9.76. The van der Waals surface area contributed by atoms with Gasteiger partial charge in [0.2, 0.25) is 0 Å². The van der Waals surface area contributed by atoms with Gasteiger partial charge in [-0.05, 0) is 61.5 Å². The molecule has 0 saturated carbocycles. The Morgan fingerprint density at radius 1 is 0.840 bits per heavy atom. The van der Waals surface area contributed by atoms with Gasteiger partial charge in [-0.2, -0.15) is 0 Å². The summed E-state index contributed by atoms with van der Waals surface area (Å²) in [5.74, 6) is 0. The molecule has 0 radical (unpaired) electrons. The molecule has 0 aliphatic heterocycles. The second kappa shape index (κ2) is 8.32. The lowest BCUT2D eigenvalue weighted by molar-refractivity contribution is 1.05. The van der Waals surface area contributed by atoms with Gasteiger partial charge in [0, 0.05) is 9.79 Å². The van der Waals surface area contributed by atoms with Crippen molar-refractivity contribution in [3.8, 4) is 0 Å². The highest BCUT2D eigenvalue weighted by Crippen LogP contribution is 2.18. The van der Waals surface area contributed by atoms with E-state index >= 15 is 0 Å². The van der Waals surface area contributed by atoms with Crippen LogP contribution in [0.4, 0.5) is 0 Å². The topological polar surface area (TPSA) is 26.9 Å². The van der Waals surface area contributed by atoms with Gasteiger partial charge in [-0.1, -0.05) is 55.5 Å². The monoisotopic (exact) mass is 368 g/mol. The van der Waals surface area contributed by atoms with Crippen molar-refractivity contribution in [1.29, 1.82) is 0 Å². The molecule has 25 heavy (non-hydrogen) atoms. The molecule has 3 rings (SSSR count). The maximum absolute atomic E-state index is 13.1. The van der Waals surface area contributed by atoms with Crippen LogP contribution in [0.25, 0.3) is 12.2 Å². The first-order chi connectivity index (χ1) is 12.2. The van der Waals surface area contributed by atoms with Crippen molar-refractivity contribution in [3.05, 3.63) is 81.8 Å². The molecular weight excluding hydrogens is 348 g/mol. The van der Waals surface area contributed by atoms with E-state index in [2.05, 4.69) is 13.0 Å². The predicted octanol–water partition coefficient (Wildman–Crippen LogP) is 3.75. The molecule has 0 saturated heterocycles. The fraction of sp³-hybridized carbons (Fsp3) is 0.150. The van der Waals surface area contributed by atoms with Crippen molar-refractivity contribution in [2.24, 2.45) is 0 Å². The molecule has 3 aromatic rings. The van der Waals surface area contributed by atoms with Crippen LogP contribution in [0.2, 0.25) is 0 Å². The maximum atomic E-state index is 13.1. The standard InChI is InChI=1S/C20H20N2OS2/c1-3-11-19-18(4-2)21(24-16-12-7-5-8-13-16)20(23)22(19)25-17-14-9-6-10-15-17/h4-15H,3H2,1-2H3/b18-4+,19-11+. The van der Waals surface area contributed by atoms with Crippen molar-refractivity contribution in [2.45, 2.75) is 30.1 Å². The number of nitrogens with zero attached hydrogens (tertiary/aromatic N) is 2. The van der Waals surface area contributed by atoms with Crippen LogP contribution in [0.15, 0.2) is 75.2 Å². The van der Waals surface area contributed by atoms with E-state index in [0.29, 0.717) is 0 Å². The average Bonchev–Trinajstić information content (AvgIpc) is 2.89. The minimum atomic E-state index is -0.0319. The Labute approximate surface area is 156 Å². The highest BCUT2D eigenvalue weighted by Gasteiger charge is 2.12. The van der Waals surface area contributed by atoms with E-state index in [1.54, 1.807) is 7.94 Å². The Hall–Kier alpha value is -2.11. The smallest absolute Gasteiger partial charge is 0.246 e. The van der Waals surface area contributed by atoms with Gasteiger partial charge in [0.05, 0.1) is 10.7 Å². The molecule has 0 aliphatic rings. The summed E-state index contributed by atoms with van der Waals surface area (Å²) in [5.41, 5.74) is -0.0319. The number of hydrogen-bond acceptors (Lipinski definition) is 3. The van der Waals surface area contributed by atoms with Crippen LogP contribution in [0.1, 0.15) is 20.3 Å². The van der Waals surface area contributed by atoms with Gasteiger partial charge in [0.25, 0.3) is 0 Å². The van der Waals surface area contributed by atoms with E-state index in [9.17, 15) is 4.79 Å². The molecule has 1 heterocycles. The zero-order chi connectivity index (χ0) is 17.6. The van der Waals surface area contributed by atoms with Crippen LogP contribution in [0.3, 0.4) is 0 Å². The van der Waals surface area contributed by atoms with E-state index in [1.807, 2.05) is 73.7 Å². The summed E-state index contributed by atoms with van der Waals surface area (Å²) in [7, 11) is 0.